The molecule has 0 amide bonds. The highest BCUT2D eigenvalue weighted by Gasteiger charge is 2.38. The van der Waals surface area contributed by atoms with E-state index in [0.717, 1.165) is 0 Å². The number of carbonyl (C=O) groups is 2. The summed E-state index contributed by atoms with van der Waals surface area (Å²) in [6.07, 6.45) is 0.830. The first-order valence-electron chi connectivity index (χ1n) is 7.99. The van der Waals surface area contributed by atoms with Crippen LogP contribution in [0.3, 0.4) is 0 Å². The maximum atomic E-state index is 12.0. The second-order valence-corrected chi connectivity index (χ2v) is 5.54. The third kappa shape index (κ3) is 5.58. The van der Waals surface area contributed by atoms with Crippen LogP contribution in [0.25, 0.3) is 0 Å². The summed E-state index contributed by atoms with van der Waals surface area (Å²) in [4.78, 5) is 24.1. The first kappa shape index (κ1) is 19.5. The first-order valence-corrected chi connectivity index (χ1v) is 7.99. The number of phenolic OH excluding ortho intramolecular Hbond substituents is 1. The van der Waals surface area contributed by atoms with Gasteiger partial charge in [-0.3, -0.25) is 9.59 Å². The Bertz CT molecular complexity index is 566. The Morgan fingerprint density at radius 2 is 1.50 bits per heavy atom. The largest absolute Gasteiger partial charge is 0.508 e. The molecule has 0 bridgehead atoms. The van der Waals surface area contributed by atoms with E-state index in [9.17, 15) is 20.0 Å². The van der Waals surface area contributed by atoms with E-state index < -0.39 is 17.4 Å². The van der Waals surface area contributed by atoms with Gasteiger partial charge in [0.1, 0.15) is 11.2 Å². The van der Waals surface area contributed by atoms with Gasteiger partial charge < -0.3 is 14.6 Å². The fraction of sp³-hybridized carbons (Fsp3) is 0.500. The number of hydrogen-bond donors (Lipinski definition) is 1. The van der Waals surface area contributed by atoms with Crippen LogP contribution >= 0.6 is 0 Å². The first-order chi connectivity index (χ1) is 11.5. The fourth-order valence-electron chi connectivity index (χ4n) is 2.22. The van der Waals surface area contributed by atoms with E-state index in [1.165, 1.54) is 24.3 Å². The van der Waals surface area contributed by atoms with Crippen molar-refractivity contribution in [2.45, 2.75) is 44.9 Å². The summed E-state index contributed by atoms with van der Waals surface area (Å²) in [7, 11) is 0. The standard InChI is InChI=1S/C18H23NO5/c1-3-9-23-16(21)11-18(13-19,12-17(22)24-10-4-2)14-5-7-15(20)8-6-14/h5-8,20H,3-4,9-12H2,1-2H3. The lowest BCUT2D eigenvalue weighted by molar-refractivity contribution is -0.147. The van der Waals surface area contributed by atoms with Crippen LogP contribution in [-0.2, 0) is 24.5 Å². The van der Waals surface area contributed by atoms with E-state index in [0.29, 0.717) is 18.4 Å². The number of phenols is 1. The molecule has 0 atom stereocenters. The zero-order valence-corrected chi connectivity index (χ0v) is 14.1. The number of nitrogens with zero attached hydrogens (tertiary/aromatic N) is 1. The molecule has 0 aliphatic rings. The average molecular weight is 333 g/mol. The normalized spacial score (nSPS) is 10.7. The molecule has 1 aromatic rings. The van der Waals surface area contributed by atoms with Crippen molar-refractivity contribution in [1.29, 1.82) is 5.26 Å². The quantitative estimate of drug-likeness (QED) is 0.698. The molecular weight excluding hydrogens is 310 g/mol. The minimum absolute atomic E-state index is 0.0349. The zero-order chi connectivity index (χ0) is 18.0. The van der Waals surface area contributed by atoms with Crippen molar-refractivity contribution in [3.8, 4) is 11.8 Å². The maximum Gasteiger partial charge on any atom is 0.307 e. The van der Waals surface area contributed by atoms with Crippen LogP contribution in [0.4, 0.5) is 0 Å². The molecule has 0 heterocycles. The van der Waals surface area contributed by atoms with Crippen molar-refractivity contribution < 1.29 is 24.2 Å². The van der Waals surface area contributed by atoms with Crippen LogP contribution in [0.2, 0.25) is 0 Å². The Morgan fingerprint density at radius 1 is 1.04 bits per heavy atom. The lowest BCUT2D eigenvalue weighted by Gasteiger charge is -2.25. The van der Waals surface area contributed by atoms with E-state index in [1.807, 2.05) is 13.8 Å². The van der Waals surface area contributed by atoms with Crippen LogP contribution in [-0.4, -0.2) is 30.3 Å². The Balaban J connectivity index is 3.07. The molecular formula is C18H23NO5. The molecule has 130 valence electrons. The molecule has 0 saturated heterocycles. The van der Waals surface area contributed by atoms with E-state index >= 15 is 0 Å². The fourth-order valence-corrected chi connectivity index (χ4v) is 2.22. The van der Waals surface area contributed by atoms with Gasteiger partial charge in [-0.05, 0) is 30.5 Å². The summed E-state index contributed by atoms with van der Waals surface area (Å²) in [5.74, 6) is -1.06. The lowest BCUT2D eigenvalue weighted by atomic mass is 9.76. The number of aromatic hydroxyl groups is 1. The SMILES string of the molecule is CCCOC(=O)CC(C#N)(CC(=O)OCCC)c1ccc(O)cc1. The van der Waals surface area contributed by atoms with Gasteiger partial charge in [-0.2, -0.15) is 5.26 Å². The summed E-state index contributed by atoms with van der Waals surface area (Å²) in [5.41, 5.74) is -0.923. The number of esters is 2. The molecule has 6 nitrogen and oxygen atoms in total. The van der Waals surface area contributed by atoms with E-state index in [2.05, 4.69) is 6.07 Å². The Labute approximate surface area is 142 Å². The minimum atomic E-state index is -1.39. The smallest absolute Gasteiger partial charge is 0.307 e. The molecule has 0 fully saturated rings. The van der Waals surface area contributed by atoms with Gasteiger partial charge in [0.2, 0.25) is 0 Å². The van der Waals surface area contributed by atoms with E-state index in [1.54, 1.807) is 0 Å². The molecule has 24 heavy (non-hydrogen) atoms. The molecule has 0 aromatic heterocycles. The van der Waals surface area contributed by atoms with Crippen LogP contribution in [0.15, 0.2) is 24.3 Å². The highest BCUT2D eigenvalue weighted by molar-refractivity contribution is 5.77. The third-order valence-electron chi connectivity index (χ3n) is 3.46. The summed E-state index contributed by atoms with van der Waals surface area (Å²) < 4.78 is 10.1. The van der Waals surface area contributed by atoms with Crippen molar-refractivity contribution in [3.63, 3.8) is 0 Å². The highest BCUT2D eigenvalue weighted by Crippen LogP contribution is 2.33. The molecule has 1 N–H and O–H groups in total. The van der Waals surface area contributed by atoms with Gasteiger partial charge in [-0.25, -0.2) is 0 Å². The highest BCUT2D eigenvalue weighted by atomic mass is 16.5. The number of ether oxygens (including phenoxy) is 2. The minimum Gasteiger partial charge on any atom is -0.508 e. The van der Waals surface area contributed by atoms with Gasteiger partial charge in [0, 0.05) is 0 Å². The topological polar surface area (TPSA) is 96.6 Å². The molecule has 1 rings (SSSR count). The number of benzene rings is 1. The van der Waals surface area contributed by atoms with Gasteiger partial charge >= 0.3 is 11.9 Å². The zero-order valence-electron chi connectivity index (χ0n) is 14.1. The van der Waals surface area contributed by atoms with Crippen molar-refractivity contribution in [2.75, 3.05) is 13.2 Å². The number of rotatable bonds is 9. The molecule has 0 spiro atoms. The molecule has 0 aliphatic carbocycles. The van der Waals surface area contributed by atoms with Crippen molar-refractivity contribution in [1.82, 2.24) is 0 Å². The van der Waals surface area contributed by atoms with Crippen LogP contribution in [0.5, 0.6) is 5.75 Å². The Kier molecular flexibility index (Phi) is 7.76. The summed E-state index contributed by atoms with van der Waals surface area (Å²) in [6.45, 7) is 4.26. The van der Waals surface area contributed by atoms with Gasteiger partial charge in [0.15, 0.2) is 0 Å². The van der Waals surface area contributed by atoms with Crippen molar-refractivity contribution >= 4 is 11.9 Å². The molecule has 0 unspecified atom stereocenters. The lowest BCUT2D eigenvalue weighted by Crippen LogP contribution is -2.32. The number of hydrogen-bond acceptors (Lipinski definition) is 6. The van der Waals surface area contributed by atoms with Crippen LogP contribution in [0.1, 0.15) is 45.1 Å². The molecule has 1 aromatic carbocycles. The summed E-state index contributed by atoms with van der Waals surface area (Å²) in [5, 5.41) is 19.1. The van der Waals surface area contributed by atoms with Gasteiger partial charge in [0.05, 0.1) is 32.1 Å². The maximum absolute atomic E-state index is 12.0. The molecule has 0 saturated carbocycles. The average Bonchev–Trinajstić information content (AvgIpc) is 2.58. The second-order valence-electron chi connectivity index (χ2n) is 5.54. The summed E-state index contributed by atoms with van der Waals surface area (Å²) >= 11 is 0. The van der Waals surface area contributed by atoms with Crippen molar-refractivity contribution in [3.05, 3.63) is 29.8 Å². The van der Waals surface area contributed by atoms with E-state index in [-0.39, 0.29) is 31.8 Å². The molecule has 0 radical (unpaired) electrons. The Hall–Kier alpha value is -2.55. The third-order valence-corrected chi connectivity index (χ3v) is 3.46. The second kappa shape index (κ2) is 9.56. The monoisotopic (exact) mass is 333 g/mol. The molecule has 0 aliphatic heterocycles. The predicted molar refractivity (Wildman–Crippen MR) is 87.1 cm³/mol. The number of carbonyl (C=O) groups excluding carboxylic acids is 2. The summed E-state index contributed by atoms with van der Waals surface area (Å²) in [6, 6.07) is 7.96. The molecule has 6 heteroatoms. The Morgan fingerprint density at radius 3 is 1.88 bits per heavy atom. The van der Waals surface area contributed by atoms with Crippen LogP contribution < -0.4 is 0 Å². The van der Waals surface area contributed by atoms with Gasteiger partial charge in [-0.15, -0.1) is 0 Å². The van der Waals surface area contributed by atoms with Crippen molar-refractivity contribution in [2.24, 2.45) is 0 Å². The van der Waals surface area contributed by atoms with Gasteiger partial charge in [-0.1, -0.05) is 26.0 Å². The van der Waals surface area contributed by atoms with Crippen LogP contribution in [0, 0.1) is 11.3 Å². The predicted octanol–water partition coefficient (Wildman–Crippen LogP) is 2.84. The number of nitriles is 1. The van der Waals surface area contributed by atoms with E-state index in [4.69, 9.17) is 9.47 Å². The van der Waals surface area contributed by atoms with Gasteiger partial charge in [0.25, 0.3) is 0 Å².